The first-order valence-corrected chi connectivity index (χ1v) is 9.86. The number of benzene rings is 2. The number of rotatable bonds is 5. The Hall–Kier alpha value is -1.47. The number of ether oxygens (including phenoxy) is 1. The van der Waals surface area contributed by atoms with Gasteiger partial charge < -0.3 is 4.74 Å². The van der Waals surface area contributed by atoms with Gasteiger partial charge in [0.25, 0.3) is 0 Å². The Morgan fingerprint density at radius 2 is 1.80 bits per heavy atom. The molecule has 134 valence electrons. The summed E-state index contributed by atoms with van der Waals surface area (Å²) in [5.41, 5.74) is 0.489. The molecule has 0 amide bonds. The molecular formula is C18H19ClFNO3S. The molecule has 0 unspecified atom stereocenters. The van der Waals surface area contributed by atoms with Crippen LogP contribution >= 0.6 is 11.6 Å². The average Bonchev–Trinajstić information content (AvgIpc) is 2.61. The van der Waals surface area contributed by atoms with Gasteiger partial charge in [-0.1, -0.05) is 29.8 Å². The molecule has 4 nitrogen and oxygen atoms in total. The van der Waals surface area contributed by atoms with E-state index in [4.69, 9.17) is 16.3 Å². The van der Waals surface area contributed by atoms with Gasteiger partial charge in [0.15, 0.2) is 0 Å². The number of sulfonamides is 1. The number of hydrogen-bond acceptors (Lipinski definition) is 3. The van der Waals surface area contributed by atoms with Gasteiger partial charge in [-0.05, 0) is 48.7 Å². The fraction of sp³-hybridized carbons (Fsp3) is 0.333. The molecule has 25 heavy (non-hydrogen) atoms. The van der Waals surface area contributed by atoms with Crippen LogP contribution in [0, 0.1) is 5.82 Å². The van der Waals surface area contributed by atoms with Crippen LogP contribution in [-0.2, 0) is 20.2 Å². The third kappa shape index (κ3) is 4.20. The second-order valence-electron chi connectivity index (χ2n) is 6.18. The fourth-order valence-electron chi connectivity index (χ4n) is 3.08. The lowest BCUT2D eigenvalue weighted by molar-refractivity contribution is 0.0517. The van der Waals surface area contributed by atoms with Crippen molar-refractivity contribution >= 4 is 21.6 Å². The van der Waals surface area contributed by atoms with Crippen LogP contribution in [0.4, 0.5) is 4.39 Å². The highest BCUT2D eigenvalue weighted by Gasteiger charge is 2.35. The van der Waals surface area contributed by atoms with Crippen molar-refractivity contribution in [2.75, 3.05) is 19.8 Å². The predicted octanol–water partition coefficient (Wildman–Crippen LogP) is 3.51. The van der Waals surface area contributed by atoms with Crippen LogP contribution in [0.15, 0.2) is 53.4 Å². The summed E-state index contributed by atoms with van der Waals surface area (Å²) in [6.45, 7) is 1.30. The smallest absolute Gasteiger partial charge is 0.240 e. The average molecular weight is 384 g/mol. The molecule has 7 heteroatoms. The Kier molecular flexibility index (Phi) is 5.43. The second-order valence-corrected chi connectivity index (χ2v) is 8.38. The van der Waals surface area contributed by atoms with Crippen LogP contribution in [-0.4, -0.2) is 28.2 Å². The van der Waals surface area contributed by atoms with Crippen molar-refractivity contribution in [1.29, 1.82) is 0 Å². The normalized spacial score (nSPS) is 17.4. The molecule has 1 aliphatic rings. The van der Waals surface area contributed by atoms with Crippen molar-refractivity contribution < 1.29 is 17.5 Å². The molecule has 2 aromatic carbocycles. The zero-order chi connectivity index (χ0) is 17.9. The zero-order valence-electron chi connectivity index (χ0n) is 13.5. The quantitative estimate of drug-likeness (QED) is 0.859. The SMILES string of the molecule is O=S(=O)(NCC1(c2ccc(F)cc2)CCOCC1)c1cccc(Cl)c1. The van der Waals surface area contributed by atoms with Crippen LogP contribution in [0.5, 0.6) is 0 Å². The van der Waals surface area contributed by atoms with Gasteiger partial charge in [-0.2, -0.15) is 0 Å². The van der Waals surface area contributed by atoms with Crippen molar-refractivity contribution in [3.63, 3.8) is 0 Å². The van der Waals surface area contributed by atoms with Crippen molar-refractivity contribution in [3.8, 4) is 0 Å². The Morgan fingerprint density at radius 1 is 1.12 bits per heavy atom. The zero-order valence-corrected chi connectivity index (χ0v) is 15.1. The van der Waals surface area contributed by atoms with E-state index in [1.807, 2.05) is 0 Å². The van der Waals surface area contributed by atoms with E-state index >= 15 is 0 Å². The lowest BCUT2D eigenvalue weighted by Gasteiger charge is -2.37. The molecule has 0 aromatic heterocycles. The first-order valence-electron chi connectivity index (χ1n) is 8.00. The van der Waals surface area contributed by atoms with Gasteiger partial charge in [0.05, 0.1) is 4.90 Å². The highest BCUT2D eigenvalue weighted by molar-refractivity contribution is 7.89. The molecule has 0 spiro atoms. The maximum Gasteiger partial charge on any atom is 0.240 e. The molecule has 0 radical (unpaired) electrons. The Bertz CT molecular complexity index is 834. The van der Waals surface area contributed by atoms with Crippen LogP contribution in [0.2, 0.25) is 5.02 Å². The van der Waals surface area contributed by atoms with Gasteiger partial charge in [0, 0.05) is 30.2 Å². The summed E-state index contributed by atoms with van der Waals surface area (Å²) in [6, 6.07) is 12.4. The summed E-state index contributed by atoms with van der Waals surface area (Å²) in [6.07, 6.45) is 1.33. The molecule has 0 atom stereocenters. The Labute approximate surface area is 152 Å². The minimum atomic E-state index is -3.69. The van der Waals surface area contributed by atoms with Crippen LogP contribution in [0.3, 0.4) is 0 Å². The molecule has 1 aliphatic heterocycles. The number of nitrogens with one attached hydrogen (secondary N) is 1. The third-order valence-electron chi connectivity index (χ3n) is 4.61. The fourth-order valence-corrected chi connectivity index (χ4v) is 4.51. The van der Waals surface area contributed by atoms with Gasteiger partial charge in [0.1, 0.15) is 5.82 Å². The first-order chi connectivity index (χ1) is 11.9. The highest BCUT2D eigenvalue weighted by atomic mass is 35.5. The summed E-state index contributed by atoms with van der Waals surface area (Å²) < 4.78 is 46.6. The molecule has 2 aromatic rings. The standard InChI is InChI=1S/C18H19ClFNO3S/c19-15-2-1-3-17(12-15)25(22,23)21-13-18(8-10-24-11-9-18)14-4-6-16(20)7-5-14/h1-7,12,21H,8-11,13H2. The second kappa shape index (κ2) is 7.41. The van der Waals surface area contributed by atoms with Gasteiger partial charge in [-0.3, -0.25) is 0 Å². The predicted molar refractivity (Wildman–Crippen MR) is 94.8 cm³/mol. The van der Waals surface area contributed by atoms with Gasteiger partial charge in [0.2, 0.25) is 10.0 Å². The molecule has 0 aliphatic carbocycles. The summed E-state index contributed by atoms with van der Waals surface area (Å²) in [5, 5.41) is 0.363. The molecular weight excluding hydrogens is 365 g/mol. The summed E-state index contributed by atoms with van der Waals surface area (Å²) >= 11 is 5.89. The van der Waals surface area contributed by atoms with E-state index in [1.165, 1.54) is 24.3 Å². The minimum Gasteiger partial charge on any atom is -0.381 e. The van der Waals surface area contributed by atoms with E-state index in [0.717, 1.165) is 5.56 Å². The Balaban J connectivity index is 1.85. The van der Waals surface area contributed by atoms with E-state index in [1.54, 1.807) is 24.3 Å². The van der Waals surface area contributed by atoms with Gasteiger partial charge >= 0.3 is 0 Å². The molecule has 0 bridgehead atoms. The summed E-state index contributed by atoms with van der Waals surface area (Å²) in [7, 11) is -3.69. The Morgan fingerprint density at radius 3 is 2.44 bits per heavy atom. The van der Waals surface area contributed by atoms with Crippen molar-refractivity contribution in [2.24, 2.45) is 0 Å². The lowest BCUT2D eigenvalue weighted by atomic mass is 9.74. The summed E-state index contributed by atoms with van der Waals surface area (Å²) in [4.78, 5) is 0.126. The highest BCUT2D eigenvalue weighted by Crippen LogP contribution is 2.34. The van der Waals surface area contributed by atoms with Crippen LogP contribution in [0.1, 0.15) is 18.4 Å². The van der Waals surface area contributed by atoms with E-state index in [2.05, 4.69) is 4.72 Å². The maximum absolute atomic E-state index is 13.3. The molecule has 3 rings (SSSR count). The monoisotopic (exact) mass is 383 g/mol. The summed E-state index contributed by atoms with van der Waals surface area (Å²) in [5.74, 6) is -0.314. The first kappa shape index (κ1) is 18.3. The number of hydrogen-bond donors (Lipinski definition) is 1. The van der Waals surface area contributed by atoms with Gasteiger partial charge in [-0.15, -0.1) is 0 Å². The minimum absolute atomic E-state index is 0.126. The topological polar surface area (TPSA) is 55.4 Å². The number of halogens is 2. The molecule has 1 N–H and O–H groups in total. The van der Waals surface area contributed by atoms with E-state index in [9.17, 15) is 12.8 Å². The van der Waals surface area contributed by atoms with Crippen LogP contribution < -0.4 is 4.72 Å². The lowest BCUT2D eigenvalue weighted by Crippen LogP contribution is -2.44. The largest absolute Gasteiger partial charge is 0.381 e. The van der Waals surface area contributed by atoms with Crippen LogP contribution in [0.25, 0.3) is 0 Å². The van der Waals surface area contributed by atoms with E-state index in [-0.39, 0.29) is 17.3 Å². The van der Waals surface area contributed by atoms with Crippen molar-refractivity contribution in [1.82, 2.24) is 4.72 Å². The van der Waals surface area contributed by atoms with Gasteiger partial charge in [-0.25, -0.2) is 17.5 Å². The van der Waals surface area contributed by atoms with E-state index in [0.29, 0.717) is 31.1 Å². The van der Waals surface area contributed by atoms with Crippen molar-refractivity contribution in [3.05, 3.63) is 64.9 Å². The maximum atomic E-state index is 13.3. The van der Waals surface area contributed by atoms with Crippen molar-refractivity contribution in [2.45, 2.75) is 23.2 Å². The molecule has 1 heterocycles. The van der Waals surface area contributed by atoms with E-state index < -0.39 is 15.4 Å². The molecule has 1 saturated heterocycles. The molecule has 1 fully saturated rings. The molecule has 0 saturated carbocycles. The third-order valence-corrected chi connectivity index (χ3v) is 6.25.